The first-order valence-electron chi connectivity index (χ1n) is 6.13. The molecule has 98 valence electrons. The fourth-order valence-electron chi connectivity index (χ4n) is 2.21. The molecule has 3 atom stereocenters. The van der Waals surface area contributed by atoms with Crippen molar-refractivity contribution in [1.29, 1.82) is 0 Å². The highest BCUT2D eigenvalue weighted by Crippen LogP contribution is 2.41. The van der Waals surface area contributed by atoms with Crippen molar-refractivity contribution in [2.75, 3.05) is 19.6 Å². The molecule has 3 unspecified atom stereocenters. The molecule has 0 heterocycles. The molecule has 0 bridgehead atoms. The summed E-state index contributed by atoms with van der Waals surface area (Å²) in [4.78, 5) is 0. The van der Waals surface area contributed by atoms with Crippen molar-refractivity contribution < 1.29 is 9.84 Å². The summed E-state index contributed by atoms with van der Waals surface area (Å²) in [5, 5.41) is 9.41. The second kappa shape index (κ2) is 6.83. The summed E-state index contributed by atoms with van der Waals surface area (Å²) >= 11 is 5.95. The Labute approximate surface area is 105 Å². The molecule has 0 spiro atoms. The predicted octanol–water partition coefficient (Wildman–Crippen LogP) is 3.46. The van der Waals surface area contributed by atoms with Crippen LogP contribution in [-0.2, 0) is 4.74 Å². The van der Waals surface area contributed by atoms with E-state index in [-0.39, 0.29) is 23.5 Å². The first-order chi connectivity index (χ1) is 7.41. The molecular weight excluding hydrogens is 224 g/mol. The largest absolute Gasteiger partial charge is 0.396 e. The summed E-state index contributed by atoms with van der Waals surface area (Å²) in [6.07, 6.45) is 2.91. The number of hydrogen-bond donors (Lipinski definition) is 1. The molecule has 0 aromatic heterocycles. The van der Waals surface area contributed by atoms with E-state index in [0.29, 0.717) is 5.88 Å². The van der Waals surface area contributed by atoms with Crippen LogP contribution in [0.25, 0.3) is 0 Å². The Hall–Kier alpha value is 0.210. The van der Waals surface area contributed by atoms with E-state index in [1.165, 1.54) is 0 Å². The maximum atomic E-state index is 9.41. The average Bonchev–Trinajstić information content (AvgIpc) is 2.30. The molecule has 0 rings (SSSR count). The van der Waals surface area contributed by atoms with Gasteiger partial charge in [-0.25, -0.2) is 0 Å². The average molecular weight is 251 g/mol. The highest BCUT2D eigenvalue weighted by molar-refractivity contribution is 6.18. The monoisotopic (exact) mass is 250 g/mol. The van der Waals surface area contributed by atoms with Gasteiger partial charge in [-0.3, -0.25) is 0 Å². The van der Waals surface area contributed by atoms with Crippen molar-refractivity contribution in [2.24, 2.45) is 11.3 Å². The minimum absolute atomic E-state index is 0.0390. The fourth-order valence-corrected chi connectivity index (χ4v) is 2.68. The van der Waals surface area contributed by atoms with Crippen LogP contribution in [0.3, 0.4) is 0 Å². The van der Waals surface area contributed by atoms with Gasteiger partial charge < -0.3 is 9.84 Å². The van der Waals surface area contributed by atoms with Crippen molar-refractivity contribution in [1.82, 2.24) is 0 Å². The molecule has 0 radical (unpaired) electrons. The molecule has 0 aliphatic heterocycles. The molecule has 0 saturated heterocycles. The van der Waals surface area contributed by atoms with Crippen LogP contribution in [0, 0.1) is 11.3 Å². The lowest BCUT2D eigenvalue weighted by Gasteiger charge is -2.42. The van der Waals surface area contributed by atoms with Gasteiger partial charge in [-0.1, -0.05) is 27.2 Å². The zero-order valence-corrected chi connectivity index (χ0v) is 12.1. The summed E-state index contributed by atoms with van der Waals surface area (Å²) in [5.41, 5.74) is -0.0818. The Morgan fingerprint density at radius 1 is 1.25 bits per heavy atom. The number of methoxy groups -OCH3 is 1. The number of halogens is 1. The fraction of sp³-hybridized carbons (Fsp3) is 1.00. The van der Waals surface area contributed by atoms with Gasteiger partial charge >= 0.3 is 0 Å². The van der Waals surface area contributed by atoms with Crippen LogP contribution < -0.4 is 0 Å². The molecule has 1 N–H and O–H groups in total. The SMILES string of the molecule is CCC(C)(CC(C)(CC)C(CO)CCl)OC. The van der Waals surface area contributed by atoms with Crippen molar-refractivity contribution in [3.05, 3.63) is 0 Å². The van der Waals surface area contributed by atoms with E-state index in [9.17, 15) is 5.11 Å². The second-order valence-electron chi connectivity index (χ2n) is 5.23. The summed E-state index contributed by atoms with van der Waals surface area (Å²) in [7, 11) is 1.76. The maximum absolute atomic E-state index is 9.41. The van der Waals surface area contributed by atoms with Gasteiger partial charge in [-0.05, 0) is 25.2 Å². The zero-order valence-electron chi connectivity index (χ0n) is 11.3. The normalized spacial score (nSPS) is 21.2. The van der Waals surface area contributed by atoms with E-state index < -0.39 is 0 Å². The number of rotatable bonds is 8. The molecule has 2 nitrogen and oxygen atoms in total. The van der Waals surface area contributed by atoms with Crippen LogP contribution in [0.2, 0.25) is 0 Å². The van der Waals surface area contributed by atoms with Gasteiger partial charge in [-0.15, -0.1) is 11.6 Å². The van der Waals surface area contributed by atoms with E-state index in [1.54, 1.807) is 7.11 Å². The Balaban J connectivity index is 4.82. The molecule has 0 amide bonds. The molecular formula is C13H27ClO2. The van der Waals surface area contributed by atoms with Crippen LogP contribution in [-0.4, -0.2) is 30.3 Å². The van der Waals surface area contributed by atoms with Gasteiger partial charge in [0.1, 0.15) is 0 Å². The Morgan fingerprint density at radius 2 is 1.81 bits per heavy atom. The highest BCUT2D eigenvalue weighted by Gasteiger charge is 2.38. The standard InChI is InChI=1S/C13H27ClO2/c1-6-12(3,11(8-14)9-15)10-13(4,7-2)16-5/h11,15H,6-10H2,1-5H3. The smallest absolute Gasteiger partial charge is 0.0653 e. The van der Waals surface area contributed by atoms with Gasteiger partial charge in [-0.2, -0.15) is 0 Å². The van der Waals surface area contributed by atoms with Crippen LogP contribution in [0.4, 0.5) is 0 Å². The summed E-state index contributed by atoms with van der Waals surface area (Å²) < 4.78 is 5.60. The first-order valence-corrected chi connectivity index (χ1v) is 6.66. The van der Waals surface area contributed by atoms with E-state index in [1.807, 2.05) is 0 Å². The summed E-state index contributed by atoms with van der Waals surface area (Å²) in [6, 6.07) is 0. The third kappa shape index (κ3) is 3.90. The highest BCUT2D eigenvalue weighted by atomic mass is 35.5. The van der Waals surface area contributed by atoms with E-state index in [0.717, 1.165) is 19.3 Å². The molecule has 3 heteroatoms. The third-order valence-corrected chi connectivity index (χ3v) is 4.59. The molecule has 16 heavy (non-hydrogen) atoms. The summed E-state index contributed by atoms with van der Waals surface area (Å²) in [6.45, 7) is 8.76. The van der Waals surface area contributed by atoms with Crippen molar-refractivity contribution in [2.45, 2.75) is 52.6 Å². The molecule has 0 aromatic carbocycles. The Kier molecular flexibility index (Phi) is 6.92. The van der Waals surface area contributed by atoms with Gasteiger partial charge in [0, 0.05) is 25.5 Å². The maximum Gasteiger partial charge on any atom is 0.0653 e. The van der Waals surface area contributed by atoms with Gasteiger partial charge in [0.2, 0.25) is 0 Å². The van der Waals surface area contributed by atoms with Crippen molar-refractivity contribution >= 4 is 11.6 Å². The van der Waals surface area contributed by atoms with Crippen molar-refractivity contribution in [3.8, 4) is 0 Å². The minimum atomic E-state index is -0.121. The predicted molar refractivity (Wildman–Crippen MR) is 70.0 cm³/mol. The lowest BCUT2D eigenvalue weighted by atomic mass is 9.69. The molecule has 0 aliphatic rings. The first kappa shape index (κ1) is 16.2. The quantitative estimate of drug-likeness (QED) is 0.669. The van der Waals surface area contributed by atoms with Crippen LogP contribution in [0.15, 0.2) is 0 Å². The van der Waals surface area contributed by atoms with Crippen LogP contribution >= 0.6 is 11.6 Å². The lowest BCUT2D eigenvalue weighted by molar-refractivity contribution is -0.0526. The number of aliphatic hydroxyl groups excluding tert-OH is 1. The Bertz CT molecular complexity index is 188. The molecule has 0 aromatic rings. The van der Waals surface area contributed by atoms with Gasteiger partial charge in [0.05, 0.1) is 5.60 Å². The van der Waals surface area contributed by atoms with E-state index in [2.05, 4.69) is 27.7 Å². The minimum Gasteiger partial charge on any atom is -0.396 e. The van der Waals surface area contributed by atoms with Crippen molar-refractivity contribution in [3.63, 3.8) is 0 Å². The Morgan fingerprint density at radius 3 is 2.06 bits per heavy atom. The molecule has 0 aliphatic carbocycles. The molecule has 0 fully saturated rings. The van der Waals surface area contributed by atoms with Gasteiger partial charge in [0.15, 0.2) is 0 Å². The number of hydrogen-bond acceptors (Lipinski definition) is 2. The topological polar surface area (TPSA) is 29.5 Å². The van der Waals surface area contributed by atoms with Crippen LogP contribution in [0.5, 0.6) is 0 Å². The van der Waals surface area contributed by atoms with E-state index in [4.69, 9.17) is 16.3 Å². The number of aliphatic hydroxyl groups is 1. The number of ether oxygens (including phenoxy) is 1. The number of alkyl halides is 1. The second-order valence-corrected chi connectivity index (χ2v) is 5.53. The zero-order chi connectivity index (χ0) is 12.8. The van der Waals surface area contributed by atoms with Crippen LogP contribution in [0.1, 0.15) is 47.0 Å². The van der Waals surface area contributed by atoms with E-state index >= 15 is 0 Å². The molecule has 0 saturated carbocycles. The van der Waals surface area contributed by atoms with Gasteiger partial charge in [0.25, 0.3) is 0 Å². The lowest BCUT2D eigenvalue weighted by Crippen LogP contribution is -2.40. The third-order valence-electron chi connectivity index (χ3n) is 4.22. The summed E-state index contributed by atoms with van der Waals surface area (Å²) in [5.74, 6) is 0.643.